The summed E-state index contributed by atoms with van der Waals surface area (Å²) in [6.07, 6.45) is 0. The van der Waals surface area contributed by atoms with Crippen LogP contribution in [0.4, 0.5) is 0 Å². The molecule has 0 aromatic heterocycles. The van der Waals surface area contributed by atoms with E-state index in [4.69, 9.17) is 18.1 Å². The second-order valence-electron chi connectivity index (χ2n) is 7.33. The van der Waals surface area contributed by atoms with E-state index >= 15 is 0 Å². The maximum absolute atomic E-state index is 14.3. The third kappa shape index (κ3) is 5.91. The number of rotatable bonds is 10. The van der Waals surface area contributed by atoms with Crippen molar-refractivity contribution in [3.63, 3.8) is 0 Å². The zero-order chi connectivity index (χ0) is 23.9. The van der Waals surface area contributed by atoms with Crippen LogP contribution in [0.2, 0.25) is 0 Å². The van der Waals surface area contributed by atoms with Gasteiger partial charge in [0.15, 0.2) is 0 Å². The largest absolute Gasteiger partial charge is 0.448 e. The van der Waals surface area contributed by atoms with Crippen molar-refractivity contribution in [3.05, 3.63) is 121 Å². The van der Waals surface area contributed by atoms with Gasteiger partial charge in [-0.3, -0.25) is 0 Å². The quantitative estimate of drug-likeness (QED) is 0.208. The van der Waals surface area contributed by atoms with Crippen molar-refractivity contribution in [2.45, 2.75) is 12.3 Å². The molecule has 0 unspecified atom stereocenters. The maximum atomic E-state index is 14.3. The lowest BCUT2D eigenvalue weighted by atomic mass is 10.3. The fourth-order valence-corrected chi connectivity index (χ4v) is 7.33. The van der Waals surface area contributed by atoms with Crippen LogP contribution in [-0.2, 0) is 9.13 Å². The molecule has 0 aliphatic rings. The zero-order valence-electron chi connectivity index (χ0n) is 18.5. The molecule has 4 rings (SSSR count). The van der Waals surface area contributed by atoms with Gasteiger partial charge in [-0.05, 0) is 55.5 Å². The summed E-state index contributed by atoms with van der Waals surface area (Å²) in [6, 6.07) is 34.4. The molecule has 4 aromatic carbocycles. The Kier molecular flexibility index (Phi) is 7.42. The lowest BCUT2D eigenvalue weighted by Crippen LogP contribution is -2.20. The van der Waals surface area contributed by atoms with E-state index in [1.807, 2.05) is 0 Å². The molecule has 0 radical (unpaired) electrons. The first-order valence-corrected chi connectivity index (χ1v) is 13.9. The van der Waals surface area contributed by atoms with Crippen LogP contribution in [0.25, 0.3) is 0 Å². The van der Waals surface area contributed by atoms with Crippen LogP contribution in [0.1, 0.15) is 6.92 Å². The Hall–Kier alpha value is -3.46. The van der Waals surface area contributed by atoms with Crippen LogP contribution in [0, 0.1) is 0 Å². The molecule has 0 N–H and O–H groups in total. The van der Waals surface area contributed by atoms with Crippen LogP contribution < -0.4 is 18.1 Å². The molecular weight excluding hydrogens is 470 g/mol. The lowest BCUT2D eigenvalue weighted by molar-refractivity contribution is 0.356. The van der Waals surface area contributed by atoms with E-state index in [0.29, 0.717) is 23.0 Å². The van der Waals surface area contributed by atoms with Gasteiger partial charge in [0.05, 0.1) is 0 Å². The fraction of sp³-hybridized carbons (Fsp3) is 0.0769. The summed E-state index contributed by atoms with van der Waals surface area (Å²) in [7, 11) is -8.33. The Labute approximate surface area is 199 Å². The molecule has 0 heterocycles. The van der Waals surface area contributed by atoms with Crippen LogP contribution >= 0.6 is 15.2 Å². The van der Waals surface area contributed by atoms with Gasteiger partial charge >= 0.3 is 15.2 Å². The number of hydrogen-bond donors (Lipinski definition) is 0. The van der Waals surface area contributed by atoms with E-state index in [1.165, 1.54) is 6.92 Å². The van der Waals surface area contributed by atoms with Crippen molar-refractivity contribution >= 4 is 15.2 Å². The first kappa shape index (κ1) is 23.7. The fourth-order valence-electron chi connectivity index (χ4n) is 3.03. The molecule has 0 atom stereocenters. The highest BCUT2D eigenvalue weighted by Gasteiger charge is 2.53. The molecule has 6 nitrogen and oxygen atoms in total. The highest BCUT2D eigenvalue weighted by atomic mass is 31.2. The van der Waals surface area contributed by atoms with Crippen molar-refractivity contribution < 1.29 is 27.2 Å². The van der Waals surface area contributed by atoms with E-state index in [-0.39, 0.29) is 0 Å². The van der Waals surface area contributed by atoms with E-state index < -0.39 is 20.6 Å². The highest BCUT2D eigenvalue weighted by Crippen LogP contribution is 2.68. The smallest absolute Gasteiger partial charge is 0.415 e. The molecular formula is C26H24O6P2. The van der Waals surface area contributed by atoms with Crippen LogP contribution in [0.15, 0.2) is 121 Å². The Bertz CT molecular complexity index is 1080. The lowest BCUT2D eigenvalue weighted by Gasteiger charge is -2.30. The Balaban J connectivity index is 1.75. The molecule has 0 fully saturated rings. The summed E-state index contributed by atoms with van der Waals surface area (Å²) in [5.74, 6) is 1.22. The molecule has 0 bridgehead atoms. The summed E-state index contributed by atoms with van der Waals surface area (Å²) in [4.78, 5) is 0. The van der Waals surface area contributed by atoms with E-state index in [9.17, 15) is 9.13 Å². The van der Waals surface area contributed by atoms with Gasteiger partial charge in [-0.1, -0.05) is 72.8 Å². The van der Waals surface area contributed by atoms with Crippen molar-refractivity contribution in [3.8, 4) is 23.0 Å². The van der Waals surface area contributed by atoms with Gasteiger partial charge < -0.3 is 18.1 Å². The Morgan fingerprint density at radius 3 is 0.853 bits per heavy atom. The van der Waals surface area contributed by atoms with E-state index in [1.54, 1.807) is 121 Å². The molecule has 0 saturated heterocycles. The van der Waals surface area contributed by atoms with Crippen molar-refractivity contribution in [2.75, 3.05) is 0 Å². The summed E-state index contributed by atoms with van der Waals surface area (Å²) in [5, 5.41) is -1.29. The summed E-state index contributed by atoms with van der Waals surface area (Å²) >= 11 is 0. The van der Waals surface area contributed by atoms with Gasteiger partial charge in [0.2, 0.25) is 5.40 Å². The molecule has 8 heteroatoms. The van der Waals surface area contributed by atoms with Gasteiger partial charge in [0.1, 0.15) is 23.0 Å². The number of benzene rings is 4. The van der Waals surface area contributed by atoms with E-state index in [2.05, 4.69) is 0 Å². The minimum Gasteiger partial charge on any atom is -0.415 e. The van der Waals surface area contributed by atoms with Crippen LogP contribution in [0.5, 0.6) is 23.0 Å². The summed E-state index contributed by atoms with van der Waals surface area (Å²) in [5.41, 5.74) is 0. The first-order valence-electron chi connectivity index (χ1n) is 10.6. The van der Waals surface area contributed by atoms with Crippen LogP contribution in [-0.4, -0.2) is 5.40 Å². The first-order chi connectivity index (χ1) is 16.5. The average Bonchev–Trinajstić information content (AvgIpc) is 2.86. The molecule has 0 spiro atoms. The topological polar surface area (TPSA) is 71.1 Å². The van der Waals surface area contributed by atoms with Gasteiger partial charge in [-0.25, -0.2) is 9.13 Å². The van der Waals surface area contributed by atoms with Gasteiger partial charge in [-0.2, -0.15) is 0 Å². The van der Waals surface area contributed by atoms with Crippen LogP contribution in [0.3, 0.4) is 0 Å². The van der Waals surface area contributed by atoms with Crippen molar-refractivity contribution in [1.82, 2.24) is 0 Å². The molecule has 34 heavy (non-hydrogen) atoms. The predicted octanol–water partition coefficient (Wildman–Crippen LogP) is 8.03. The second kappa shape index (κ2) is 10.6. The predicted molar refractivity (Wildman–Crippen MR) is 133 cm³/mol. The number of para-hydroxylation sites is 4. The van der Waals surface area contributed by atoms with Gasteiger partial charge in [0, 0.05) is 0 Å². The third-order valence-corrected chi connectivity index (χ3v) is 10.2. The van der Waals surface area contributed by atoms with Crippen molar-refractivity contribution in [2.24, 2.45) is 0 Å². The Morgan fingerprint density at radius 2 is 0.647 bits per heavy atom. The molecule has 0 amide bonds. The van der Waals surface area contributed by atoms with Gasteiger partial charge in [-0.15, -0.1) is 0 Å². The molecule has 0 saturated carbocycles. The van der Waals surface area contributed by atoms with E-state index in [0.717, 1.165) is 0 Å². The standard InChI is InChI=1S/C26H24O6P2/c1-22(33(27,29-23-14-6-2-7-15-23)30-24-16-8-3-9-17-24)34(28,31-25-18-10-4-11-19-25)32-26-20-12-5-13-21-26/h2-22H,1H3. The Morgan fingerprint density at radius 1 is 0.441 bits per heavy atom. The molecule has 174 valence electrons. The SMILES string of the molecule is CC(P(=O)(Oc1ccccc1)Oc1ccccc1)P(=O)(Oc1ccccc1)Oc1ccccc1. The summed E-state index contributed by atoms with van der Waals surface area (Å²) < 4.78 is 52.2. The minimum absolute atomic E-state index is 0.305. The summed E-state index contributed by atoms with van der Waals surface area (Å²) in [6.45, 7) is 1.49. The van der Waals surface area contributed by atoms with Gasteiger partial charge in [0.25, 0.3) is 0 Å². The monoisotopic (exact) mass is 494 g/mol. The minimum atomic E-state index is -4.16. The highest BCUT2D eigenvalue weighted by molar-refractivity contribution is 7.73. The average molecular weight is 494 g/mol. The molecule has 4 aromatic rings. The number of hydrogen-bond acceptors (Lipinski definition) is 6. The normalized spacial score (nSPS) is 11.6. The zero-order valence-corrected chi connectivity index (χ0v) is 20.3. The third-order valence-electron chi connectivity index (χ3n) is 4.82. The molecule has 0 aliphatic carbocycles. The second-order valence-corrected chi connectivity index (χ2v) is 12.2. The van der Waals surface area contributed by atoms with Crippen molar-refractivity contribution in [1.29, 1.82) is 0 Å². The molecule has 0 aliphatic heterocycles. The maximum Gasteiger partial charge on any atom is 0.448 e.